The zero-order valence-electron chi connectivity index (χ0n) is 12.1. The molecule has 3 rings (SSSR count). The van der Waals surface area contributed by atoms with Gasteiger partial charge in [-0.05, 0) is 29.3 Å². The molecule has 3 aromatic rings. The smallest absolute Gasteiger partial charge is 0.203 e. The zero-order chi connectivity index (χ0) is 14.8. The van der Waals surface area contributed by atoms with E-state index in [2.05, 4.69) is 10.2 Å². The van der Waals surface area contributed by atoms with Crippen molar-refractivity contribution in [2.24, 2.45) is 0 Å². The first-order valence-electron chi connectivity index (χ1n) is 6.51. The lowest BCUT2D eigenvalue weighted by atomic mass is 10.0. The van der Waals surface area contributed by atoms with Crippen LogP contribution < -0.4 is 14.2 Å². The van der Waals surface area contributed by atoms with Crippen molar-refractivity contribution >= 4 is 10.9 Å². The van der Waals surface area contributed by atoms with E-state index in [0.717, 1.165) is 22.0 Å². The number of hydrogen-bond acceptors (Lipinski definition) is 4. The minimum Gasteiger partial charge on any atom is -0.493 e. The van der Waals surface area contributed by atoms with Gasteiger partial charge in [0, 0.05) is 5.39 Å². The van der Waals surface area contributed by atoms with Crippen molar-refractivity contribution in [3.63, 3.8) is 0 Å². The molecule has 0 spiro atoms. The second-order valence-corrected chi connectivity index (χ2v) is 4.55. The van der Waals surface area contributed by atoms with Crippen LogP contribution in [0.3, 0.4) is 0 Å². The topological polar surface area (TPSA) is 56.4 Å². The van der Waals surface area contributed by atoms with Crippen LogP contribution in [0.5, 0.6) is 17.2 Å². The second kappa shape index (κ2) is 5.36. The number of hydrogen-bond donors (Lipinski definition) is 1. The maximum atomic E-state index is 5.41. The summed E-state index contributed by atoms with van der Waals surface area (Å²) >= 11 is 0. The van der Waals surface area contributed by atoms with E-state index in [1.807, 2.05) is 36.5 Å². The molecule has 0 aliphatic heterocycles. The Bertz CT molecular complexity index is 755. The number of ether oxygens (including phenoxy) is 3. The quantitative estimate of drug-likeness (QED) is 0.799. The Morgan fingerprint density at radius 3 is 2.29 bits per heavy atom. The van der Waals surface area contributed by atoms with Gasteiger partial charge in [0.15, 0.2) is 11.5 Å². The van der Waals surface area contributed by atoms with E-state index in [9.17, 15) is 0 Å². The lowest BCUT2D eigenvalue weighted by Gasteiger charge is -2.14. The van der Waals surface area contributed by atoms with E-state index < -0.39 is 0 Å². The van der Waals surface area contributed by atoms with Gasteiger partial charge >= 0.3 is 0 Å². The zero-order valence-corrected chi connectivity index (χ0v) is 12.1. The third-order valence-electron chi connectivity index (χ3n) is 3.46. The van der Waals surface area contributed by atoms with Crippen LogP contribution in [0.2, 0.25) is 0 Å². The summed E-state index contributed by atoms with van der Waals surface area (Å²) in [6.07, 6.45) is 1.81. The van der Waals surface area contributed by atoms with Gasteiger partial charge in [0.2, 0.25) is 5.75 Å². The Hall–Kier alpha value is -2.69. The van der Waals surface area contributed by atoms with Crippen LogP contribution in [-0.4, -0.2) is 31.5 Å². The van der Waals surface area contributed by atoms with Gasteiger partial charge in [0.1, 0.15) is 0 Å². The number of rotatable bonds is 4. The van der Waals surface area contributed by atoms with Crippen molar-refractivity contribution in [2.75, 3.05) is 21.3 Å². The fourth-order valence-corrected chi connectivity index (χ4v) is 2.46. The molecule has 1 N–H and O–H groups in total. The number of nitrogens with zero attached hydrogens (tertiary/aromatic N) is 1. The summed E-state index contributed by atoms with van der Waals surface area (Å²) in [6.45, 7) is 0. The summed E-state index contributed by atoms with van der Waals surface area (Å²) in [5.41, 5.74) is 3.03. The number of H-pyrrole nitrogens is 1. The molecule has 108 valence electrons. The van der Waals surface area contributed by atoms with Gasteiger partial charge in [-0.1, -0.05) is 12.1 Å². The highest BCUT2D eigenvalue weighted by Crippen LogP contribution is 2.42. The summed E-state index contributed by atoms with van der Waals surface area (Å²) in [7, 11) is 4.82. The van der Waals surface area contributed by atoms with E-state index in [-0.39, 0.29) is 0 Å². The molecule has 5 nitrogen and oxygen atoms in total. The molecule has 1 heterocycles. The minimum absolute atomic E-state index is 0.586. The van der Waals surface area contributed by atoms with Crippen LogP contribution in [0.4, 0.5) is 0 Å². The molecule has 0 unspecified atom stereocenters. The largest absolute Gasteiger partial charge is 0.493 e. The fraction of sp³-hybridized carbons (Fsp3) is 0.188. The van der Waals surface area contributed by atoms with E-state index >= 15 is 0 Å². The van der Waals surface area contributed by atoms with Crippen LogP contribution >= 0.6 is 0 Å². The average molecular weight is 284 g/mol. The SMILES string of the molecule is COc1cc(-c2cccc3[nH]ncc23)cc(OC)c1OC. The van der Waals surface area contributed by atoms with Gasteiger partial charge in [0.25, 0.3) is 0 Å². The molecule has 0 atom stereocenters. The normalized spacial score (nSPS) is 10.6. The number of aromatic amines is 1. The molecule has 0 aliphatic rings. The monoisotopic (exact) mass is 284 g/mol. The molecule has 0 amide bonds. The van der Waals surface area contributed by atoms with Crippen LogP contribution in [-0.2, 0) is 0 Å². The summed E-state index contributed by atoms with van der Waals surface area (Å²) in [6, 6.07) is 9.88. The maximum Gasteiger partial charge on any atom is 0.203 e. The summed E-state index contributed by atoms with van der Waals surface area (Å²) in [4.78, 5) is 0. The van der Waals surface area contributed by atoms with E-state index in [4.69, 9.17) is 14.2 Å². The lowest BCUT2D eigenvalue weighted by molar-refractivity contribution is 0.324. The van der Waals surface area contributed by atoms with Gasteiger partial charge in [-0.15, -0.1) is 0 Å². The van der Waals surface area contributed by atoms with Crippen LogP contribution in [0.25, 0.3) is 22.0 Å². The van der Waals surface area contributed by atoms with Crippen molar-refractivity contribution in [2.45, 2.75) is 0 Å². The number of aromatic nitrogens is 2. The van der Waals surface area contributed by atoms with Gasteiger partial charge in [0.05, 0.1) is 33.0 Å². The van der Waals surface area contributed by atoms with Crippen molar-refractivity contribution < 1.29 is 14.2 Å². The first-order valence-corrected chi connectivity index (χ1v) is 6.51. The summed E-state index contributed by atoms with van der Waals surface area (Å²) in [5, 5.41) is 8.11. The molecule has 2 aromatic carbocycles. The van der Waals surface area contributed by atoms with Gasteiger partial charge in [-0.2, -0.15) is 5.10 Å². The second-order valence-electron chi connectivity index (χ2n) is 4.55. The molecule has 0 saturated heterocycles. The number of methoxy groups -OCH3 is 3. The molecule has 0 aliphatic carbocycles. The van der Waals surface area contributed by atoms with E-state index in [0.29, 0.717) is 17.2 Å². The molecular weight excluding hydrogens is 268 g/mol. The van der Waals surface area contributed by atoms with E-state index in [1.165, 1.54) is 0 Å². The first kappa shape index (κ1) is 13.3. The van der Waals surface area contributed by atoms with Gasteiger partial charge in [-0.3, -0.25) is 5.10 Å². The third-order valence-corrected chi connectivity index (χ3v) is 3.46. The Labute approximate surface area is 122 Å². The number of benzene rings is 2. The Morgan fingerprint density at radius 2 is 1.67 bits per heavy atom. The van der Waals surface area contributed by atoms with Gasteiger partial charge < -0.3 is 14.2 Å². The Morgan fingerprint density at radius 1 is 0.952 bits per heavy atom. The summed E-state index contributed by atoms with van der Waals surface area (Å²) in [5.74, 6) is 1.85. The highest BCUT2D eigenvalue weighted by atomic mass is 16.5. The predicted octanol–water partition coefficient (Wildman–Crippen LogP) is 3.26. The predicted molar refractivity (Wildman–Crippen MR) is 81.2 cm³/mol. The van der Waals surface area contributed by atoms with Crippen molar-refractivity contribution in [1.29, 1.82) is 0 Å². The average Bonchev–Trinajstić information content (AvgIpc) is 3.01. The van der Waals surface area contributed by atoms with Crippen molar-refractivity contribution in [3.05, 3.63) is 36.5 Å². The van der Waals surface area contributed by atoms with Gasteiger partial charge in [-0.25, -0.2) is 0 Å². The highest BCUT2D eigenvalue weighted by molar-refractivity contribution is 5.95. The maximum absolute atomic E-state index is 5.41. The molecule has 0 radical (unpaired) electrons. The molecule has 21 heavy (non-hydrogen) atoms. The van der Waals surface area contributed by atoms with Crippen molar-refractivity contribution in [3.8, 4) is 28.4 Å². The van der Waals surface area contributed by atoms with Crippen LogP contribution in [0, 0.1) is 0 Å². The third kappa shape index (κ3) is 2.16. The van der Waals surface area contributed by atoms with Crippen LogP contribution in [0.1, 0.15) is 0 Å². The molecule has 0 bridgehead atoms. The molecular formula is C16H16N2O3. The lowest BCUT2D eigenvalue weighted by Crippen LogP contribution is -1.95. The number of fused-ring (bicyclic) bond motifs is 1. The Balaban J connectivity index is 2.25. The minimum atomic E-state index is 0.586. The molecule has 5 heteroatoms. The molecule has 0 fully saturated rings. The molecule has 0 saturated carbocycles. The first-order chi connectivity index (χ1) is 10.3. The fourth-order valence-electron chi connectivity index (χ4n) is 2.46. The number of nitrogens with one attached hydrogen (secondary N) is 1. The van der Waals surface area contributed by atoms with E-state index in [1.54, 1.807) is 21.3 Å². The summed E-state index contributed by atoms with van der Waals surface area (Å²) < 4.78 is 16.2. The molecule has 1 aromatic heterocycles. The Kier molecular flexibility index (Phi) is 3.39. The van der Waals surface area contributed by atoms with Crippen molar-refractivity contribution in [1.82, 2.24) is 10.2 Å². The van der Waals surface area contributed by atoms with Crippen LogP contribution in [0.15, 0.2) is 36.5 Å². The standard InChI is InChI=1S/C16H16N2O3/c1-19-14-7-10(8-15(20-2)16(14)21-3)11-5-4-6-13-12(11)9-17-18-13/h4-9H,1-3H3,(H,17,18). The highest BCUT2D eigenvalue weighted by Gasteiger charge is 2.15.